The fourth-order valence-corrected chi connectivity index (χ4v) is 3.08. The highest BCUT2D eigenvalue weighted by molar-refractivity contribution is 5.80. The molecule has 0 aromatic carbocycles. The lowest BCUT2D eigenvalue weighted by Crippen LogP contribution is -2.41. The van der Waals surface area contributed by atoms with Gasteiger partial charge in [-0.15, -0.1) is 0 Å². The smallest absolute Gasteiger partial charge is 0.193 e. The second kappa shape index (κ2) is 6.85. The van der Waals surface area contributed by atoms with E-state index < -0.39 is 0 Å². The minimum atomic E-state index is 0.538. The number of guanidine groups is 1. The molecule has 2 aromatic rings. The molecular weight excluding hydrogens is 290 g/mol. The second-order valence-electron chi connectivity index (χ2n) is 6.13. The molecule has 7 heteroatoms. The lowest BCUT2D eigenvalue weighted by Gasteiger charge is -2.21. The number of aliphatic imine (C=N–C) groups is 1. The number of hydrogen-bond acceptors (Lipinski definition) is 3. The van der Waals surface area contributed by atoms with E-state index in [0.717, 1.165) is 38.6 Å². The van der Waals surface area contributed by atoms with E-state index in [9.17, 15) is 0 Å². The summed E-state index contributed by atoms with van der Waals surface area (Å²) >= 11 is 0. The molecule has 3 heterocycles. The Balaban J connectivity index is 1.51. The molecule has 7 nitrogen and oxygen atoms in total. The zero-order valence-electron chi connectivity index (χ0n) is 14.1. The Bertz CT molecular complexity index is 670. The molecule has 2 aromatic heterocycles. The maximum Gasteiger partial charge on any atom is 0.193 e. The third kappa shape index (κ3) is 3.72. The van der Waals surface area contributed by atoms with E-state index in [1.54, 1.807) is 0 Å². The van der Waals surface area contributed by atoms with Crippen molar-refractivity contribution in [2.75, 3.05) is 26.7 Å². The van der Waals surface area contributed by atoms with Gasteiger partial charge in [0.2, 0.25) is 0 Å². The van der Waals surface area contributed by atoms with Crippen molar-refractivity contribution in [3.63, 3.8) is 0 Å². The summed E-state index contributed by atoms with van der Waals surface area (Å²) in [5.41, 5.74) is 2.51. The molecule has 1 saturated heterocycles. The molecule has 0 radical (unpaired) electrons. The monoisotopic (exact) mass is 315 g/mol. The lowest BCUT2D eigenvalue weighted by atomic mass is 10.0. The van der Waals surface area contributed by atoms with Crippen LogP contribution in [0, 0.1) is 6.92 Å². The number of nitrogens with one attached hydrogen (secondary N) is 1. The van der Waals surface area contributed by atoms with E-state index in [1.165, 1.54) is 11.1 Å². The highest BCUT2D eigenvalue weighted by Crippen LogP contribution is 2.26. The fourth-order valence-electron chi connectivity index (χ4n) is 3.08. The molecule has 1 N–H and O–H groups in total. The van der Waals surface area contributed by atoms with Gasteiger partial charge in [0.15, 0.2) is 5.96 Å². The predicted octanol–water partition coefficient (Wildman–Crippen LogP) is 0.990. The first-order valence-electron chi connectivity index (χ1n) is 8.09. The van der Waals surface area contributed by atoms with Crippen LogP contribution in [0.1, 0.15) is 23.5 Å². The van der Waals surface area contributed by atoms with Crippen LogP contribution in [-0.4, -0.2) is 57.1 Å². The summed E-state index contributed by atoms with van der Waals surface area (Å²) in [6, 6.07) is 0. The van der Waals surface area contributed by atoms with Gasteiger partial charge in [-0.25, -0.2) is 0 Å². The third-order valence-electron chi connectivity index (χ3n) is 4.28. The Hall–Kier alpha value is -2.31. The maximum absolute atomic E-state index is 4.42. The number of hydrogen-bond donors (Lipinski definition) is 1. The Morgan fingerprint density at radius 3 is 2.87 bits per heavy atom. The van der Waals surface area contributed by atoms with Crippen LogP contribution in [0.2, 0.25) is 0 Å². The normalized spacial score (nSPS) is 18.7. The van der Waals surface area contributed by atoms with Crippen molar-refractivity contribution in [3.8, 4) is 0 Å². The van der Waals surface area contributed by atoms with Crippen molar-refractivity contribution in [1.82, 2.24) is 29.8 Å². The topological polar surface area (TPSA) is 63.3 Å². The first kappa shape index (κ1) is 15.6. The van der Waals surface area contributed by atoms with Crippen molar-refractivity contribution in [2.24, 2.45) is 12.0 Å². The Labute approximate surface area is 137 Å². The average Bonchev–Trinajstić information content (AvgIpc) is 3.25. The van der Waals surface area contributed by atoms with Crippen molar-refractivity contribution >= 4 is 5.96 Å². The van der Waals surface area contributed by atoms with Crippen LogP contribution >= 0.6 is 0 Å². The Morgan fingerprint density at radius 1 is 1.35 bits per heavy atom. The van der Waals surface area contributed by atoms with Gasteiger partial charge in [0.1, 0.15) is 0 Å². The average molecular weight is 315 g/mol. The van der Waals surface area contributed by atoms with E-state index in [2.05, 4.69) is 44.7 Å². The minimum Gasteiger partial charge on any atom is -0.354 e. The van der Waals surface area contributed by atoms with Gasteiger partial charge in [0.25, 0.3) is 0 Å². The minimum absolute atomic E-state index is 0.538. The molecule has 0 saturated carbocycles. The summed E-state index contributed by atoms with van der Waals surface area (Å²) in [6.07, 6.45) is 9.17. The zero-order valence-corrected chi connectivity index (χ0v) is 14.1. The molecule has 124 valence electrons. The number of likely N-dealkylation sites (tertiary alicyclic amines) is 1. The molecule has 0 aliphatic carbocycles. The number of aryl methyl sites for hydroxylation is 2. The van der Waals surface area contributed by atoms with Crippen LogP contribution in [-0.2, 0) is 13.6 Å². The van der Waals surface area contributed by atoms with Crippen LogP contribution in [0.25, 0.3) is 0 Å². The van der Waals surface area contributed by atoms with Gasteiger partial charge in [0.05, 0.1) is 18.9 Å². The first-order valence-corrected chi connectivity index (χ1v) is 8.09. The van der Waals surface area contributed by atoms with Crippen LogP contribution in [0.4, 0.5) is 0 Å². The summed E-state index contributed by atoms with van der Waals surface area (Å²) in [5.74, 6) is 1.51. The highest BCUT2D eigenvalue weighted by Gasteiger charge is 2.26. The van der Waals surface area contributed by atoms with Gasteiger partial charge in [-0.3, -0.25) is 14.4 Å². The zero-order chi connectivity index (χ0) is 16.2. The molecule has 1 atom stereocenters. The van der Waals surface area contributed by atoms with E-state index in [0.29, 0.717) is 5.92 Å². The fraction of sp³-hybridized carbons (Fsp3) is 0.562. The van der Waals surface area contributed by atoms with E-state index in [-0.39, 0.29) is 0 Å². The summed E-state index contributed by atoms with van der Waals surface area (Å²) in [6.45, 7) is 5.74. The molecule has 1 aliphatic rings. The van der Waals surface area contributed by atoms with Gasteiger partial charge in [-0.2, -0.15) is 10.2 Å². The second-order valence-corrected chi connectivity index (χ2v) is 6.13. The molecule has 0 amide bonds. The molecule has 0 spiro atoms. The van der Waals surface area contributed by atoms with Gasteiger partial charge in [-0.05, 0) is 24.5 Å². The number of nitrogens with zero attached hydrogens (tertiary/aromatic N) is 6. The van der Waals surface area contributed by atoms with Crippen molar-refractivity contribution < 1.29 is 0 Å². The molecule has 23 heavy (non-hydrogen) atoms. The molecule has 0 bridgehead atoms. The van der Waals surface area contributed by atoms with Crippen molar-refractivity contribution in [3.05, 3.63) is 35.9 Å². The summed E-state index contributed by atoms with van der Waals surface area (Å²) in [7, 11) is 3.81. The largest absolute Gasteiger partial charge is 0.354 e. The van der Waals surface area contributed by atoms with Crippen LogP contribution < -0.4 is 5.32 Å². The van der Waals surface area contributed by atoms with Gasteiger partial charge in [-0.1, -0.05) is 0 Å². The van der Waals surface area contributed by atoms with E-state index in [1.807, 2.05) is 35.9 Å². The van der Waals surface area contributed by atoms with Crippen molar-refractivity contribution in [1.29, 1.82) is 0 Å². The molecular formula is C16H25N7. The van der Waals surface area contributed by atoms with Crippen LogP contribution in [0.5, 0.6) is 0 Å². The molecule has 3 rings (SSSR count). The molecule has 1 unspecified atom stereocenters. The SMILES string of the molecule is CN=C(NCCn1cc(C)cn1)N1CCC(c2cnn(C)c2)C1. The van der Waals surface area contributed by atoms with Gasteiger partial charge >= 0.3 is 0 Å². The summed E-state index contributed by atoms with van der Waals surface area (Å²) in [5, 5.41) is 12.0. The number of aromatic nitrogens is 4. The van der Waals surface area contributed by atoms with E-state index in [4.69, 9.17) is 0 Å². The van der Waals surface area contributed by atoms with Crippen LogP contribution in [0.15, 0.2) is 29.8 Å². The van der Waals surface area contributed by atoms with E-state index >= 15 is 0 Å². The predicted molar refractivity (Wildman–Crippen MR) is 90.5 cm³/mol. The van der Waals surface area contributed by atoms with Gasteiger partial charge in [0, 0.05) is 52.0 Å². The summed E-state index contributed by atoms with van der Waals surface area (Å²) < 4.78 is 3.83. The number of rotatable bonds is 4. The molecule has 1 aliphatic heterocycles. The first-order chi connectivity index (χ1) is 11.2. The highest BCUT2D eigenvalue weighted by atomic mass is 15.3. The third-order valence-corrected chi connectivity index (χ3v) is 4.28. The standard InChI is InChI=1S/C16H25N7/c1-13-8-20-23(10-13)7-5-18-16(17-2)22-6-4-14(12-22)15-9-19-21(3)11-15/h8-11,14H,4-7,12H2,1-3H3,(H,17,18). The summed E-state index contributed by atoms with van der Waals surface area (Å²) in [4.78, 5) is 6.75. The van der Waals surface area contributed by atoms with Gasteiger partial charge < -0.3 is 10.2 Å². The van der Waals surface area contributed by atoms with Crippen molar-refractivity contribution in [2.45, 2.75) is 25.8 Å². The quantitative estimate of drug-likeness (QED) is 0.675. The molecule has 1 fully saturated rings. The Kier molecular flexibility index (Phi) is 4.64. The lowest BCUT2D eigenvalue weighted by molar-refractivity contribution is 0.479. The maximum atomic E-state index is 4.42. The van der Waals surface area contributed by atoms with Crippen LogP contribution in [0.3, 0.4) is 0 Å². The Morgan fingerprint density at radius 2 is 2.22 bits per heavy atom.